The fourth-order valence-electron chi connectivity index (χ4n) is 3.37. The summed E-state index contributed by atoms with van der Waals surface area (Å²) in [5.41, 5.74) is 1.21. The van der Waals surface area contributed by atoms with E-state index in [1.807, 2.05) is 0 Å². The van der Waals surface area contributed by atoms with Crippen molar-refractivity contribution in [2.75, 3.05) is 13.1 Å². The maximum absolute atomic E-state index is 14.2. The van der Waals surface area contributed by atoms with E-state index in [-0.39, 0.29) is 32.8 Å². The molecule has 1 heterocycles. The molecule has 5 nitrogen and oxygen atoms in total. The van der Waals surface area contributed by atoms with Gasteiger partial charge in [0, 0.05) is 34.3 Å². The number of carbonyl (C=O) groups is 1. The number of hydrazone groups is 1. The Morgan fingerprint density at radius 1 is 1.19 bits per heavy atom. The zero-order valence-electron chi connectivity index (χ0n) is 16.7. The Morgan fingerprint density at radius 3 is 2.47 bits per heavy atom. The van der Waals surface area contributed by atoms with Crippen molar-refractivity contribution in [2.24, 2.45) is 10.1 Å². The standard InChI is InChI=1S/C21H18Cl3F3N4O/c1-2-28-19(32)31-30-10-13-4-3-12(5-17(13)24)18-9-20(11-29-18,21(25,26)27)14-6-15(22)8-16(23)7-14/h3-8,10H,2,9,11H2,1H3,(H2,28,31,32). The fraction of sp³-hybridized carbons (Fsp3) is 0.286. The molecule has 32 heavy (non-hydrogen) atoms. The van der Waals surface area contributed by atoms with Crippen molar-refractivity contribution in [3.63, 3.8) is 0 Å². The van der Waals surface area contributed by atoms with Crippen LogP contribution in [0.3, 0.4) is 0 Å². The Labute approximate surface area is 197 Å². The van der Waals surface area contributed by atoms with Crippen LogP contribution in [0.1, 0.15) is 30.0 Å². The van der Waals surface area contributed by atoms with Crippen LogP contribution in [0.25, 0.3) is 0 Å². The first-order valence-corrected chi connectivity index (χ1v) is 10.6. The van der Waals surface area contributed by atoms with Crippen molar-refractivity contribution in [1.82, 2.24) is 10.7 Å². The first-order valence-electron chi connectivity index (χ1n) is 9.49. The van der Waals surface area contributed by atoms with E-state index < -0.39 is 24.2 Å². The molecule has 2 aromatic carbocycles. The molecule has 0 saturated heterocycles. The number of nitrogens with zero attached hydrogens (tertiary/aromatic N) is 2. The van der Waals surface area contributed by atoms with Crippen LogP contribution in [0, 0.1) is 0 Å². The van der Waals surface area contributed by atoms with Gasteiger partial charge in [0.2, 0.25) is 0 Å². The van der Waals surface area contributed by atoms with Crippen molar-refractivity contribution in [3.05, 3.63) is 68.2 Å². The molecule has 0 radical (unpaired) electrons. The van der Waals surface area contributed by atoms with Crippen LogP contribution in [0.15, 0.2) is 46.5 Å². The van der Waals surface area contributed by atoms with Gasteiger partial charge in [0.1, 0.15) is 5.41 Å². The summed E-state index contributed by atoms with van der Waals surface area (Å²) in [7, 11) is 0. The lowest BCUT2D eigenvalue weighted by Crippen LogP contribution is -2.43. The molecule has 0 spiro atoms. The van der Waals surface area contributed by atoms with Gasteiger partial charge >= 0.3 is 12.2 Å². The quantitative estimate of drug-likeness (QED) is 0.380. The zero-order chi connectivity index (χ0) is 23.5. The van der Waals surface area contributed by atoms with E-state index in [1.54, 1.807) is 19.1 Å². The predicted octanol–water partition coefficient (Wildman–Crippen LogP) is 5.99. The molecule has 2 N–H and O–H groups in total. The highest BCUT2D eigenvalue weighted by Crippen LogP contribution is 2.48. The van der Waals surface area contributed by atoms with E-state index in [2.05, 4.69) is 20.8 Å². The normalized spacial score (nSPS) is 18.7. The number of hydrogen-bond acceptors (Lipinski definition) is 3. The number of halogens is 6. The molecular weight excluding hydrogens is 488 g/mol. The lowest BCUT2D eigenvalue weighted by molar-refractivity contribution is -0.183. The minimum atomic E-state index is -4.58. The van der Waals surface area contributed by atoms with E-state index in [0.29, 0.717) is 17.7 Å². The highest BCUT2D eigenvalue weighted by molar-refractivity contribution is 6.35. The van der Waals surface area contributed by atoms with Gasteiger partial charge < -0.3 is 5.32 Å². The smallest absolute Gasteiger partial charge is 0.337 e. The second kappa shape index (κ2) is 9.68. The van der Waals surface area contributed by atoms with Crippen LogP contribution in [0.5, 0.6) is 0 Å². The van der Waals surface area contributed by atoms with E-state index in [1.165, 1.54) is 30.5 Å². The average molecular weight is 506 g/mol. The average Bonchev–Trinajstić information content (AvgIpc) is 3.15. The third-order valence-electron chi connectivity index (χ3n) is 5.01. The maximum atomic E-state index is 14.2. The van der Waals surface area contributed by atoms with Crippen LogP contribution in [-0.4, -0.2) is 37.2 Å². The minimum absolute atomic E-state index is 0.0347. The number of rotatable bonds is 5. The maximum Gasteiger partial charge on any atom is 0.400 e. The molecule has 0 bridgehead atoms. The van der Waals surface area contributed by atoms with Gasteiger partial charge in [-0.05, 0) is 42.3 Å². The Morgan fingerprint density at radius 2 is 1.88 bits per heavy atom. The van der Waals surface area contributed by atoms with Gasteiger partial charge in [-0.1, -0.05) is 46.9 Å². The number of alkyl halides is 3. The van der Waals surface area contributed by atoms with E-state index in [4.69, 9.17) is 34.8 Å². The van der Waals surface area contributed by atoms with Crippen LogP contribution < -0.4 is 10.7 Å². The Bertz CT molecular complexity index is 1070. The molecule has 170 valence electrons. The molecular formula is C21H18Cl3F3N4O. The molecule has 0 aromatic heterocycles. The highest BCUT2D eigenvalue weighted by atomic mass is 35.5. The minimum Gasteiger partial charge on any atom is -0.337 e. The molecule has 1 atom stereocenters. The summed E-state index contributed by atoms with van der Waals surface area (Å²) in [5.74, 6) is 0. The second-order valence-electron chi connectivity index (χ2n) is 7.14. The molecule has 11 heteroatoms. The van der Waals surface area contributed by atoms with E-state index in [9.17, 15) is 18.0 Å². The molecule has 1 aliphatic heterocycles. The number of urea groups is 1. The summed E-state index contributed by atoms with van der Waals surface area (Å²) < 4.78 is 42.6. The third kappa shape index (κ3) is 5.19. The first kappa shape index (κ1) is 24.4. The van der Waals surface area contributed by atoms with Crippen LogP contribution in [0.2, 0.25) is 15.1 Å². The Balaban J connectivity index is 1.84. The summed E-state index contributed by atoms with van der Waals surface area (Å²) >= 11 is 18.2. The molecule has 2 aromatic rings. The topological polar surface area (TPSA) is 65.8 Å². The fourth-order valence-corrected chi connectivity index (χ4v) is 4.13. The van der Waals surface area contributed by atoms with Gasteiger partial charge in [-0.15, -0.1) is 0 Å². The lowest BCUT2D eigenvalue weighted by atomic mass is 9.76. The molecule has 1 unspecified atom stereocenters. The van der Waals surface area contributed by atoms with E-state index >= 15 is 0 Å². The Kier molecular flexibility index (Phi) is 7.37. The summed E-state index contributed by atoms with van der Waals surface area (Å²) in [6, 6.07) is 8.17. The van der Waals surface area contributed by atoms with Gasteiger partial charge in [-0.25, -0.2) is 10.2 Å². The lowest BCUT2D eigenvalue weighted by Gasteiger charge is -2.31. The third-order valence-corrected chi connectivity index (χ3v) is 5.77. The van der Waals surface area contributed by atoms with Crippen molar-refractivity contribution in [1.29, 1.82) is 0 Å². The molecule has 0 saturated carbocycles. The number of benzene rings is 2. The first-order chi connectivity index (χ1) is 15.1. The zero-order valence-corrected chi connectivity index (χ0v) is 19.0. The summed E-state index contributed by atoms with van der Waals surface area (Å²) in [6.07, 6.45) is -3.62. The van der Waals surface area contributed by atoms with Crippen molar-refractivity contribution >= 4 is 52.8 Å². The summed E-state index contributed by atoms with van der Waals surface area (Å²) in [5, 5.41) is 6.79. The number of carbonyl (C=O) groups excluding carboxylic acids is 1. The summed E-state index contributed by atoms with van der Waals surface area (Å²) in [4.78, 5) is 15.5. The molecule has 3 rings (SSSR count). The molecule has 2 amide bonds. The number of amides is 2. The van der Waals surface area contributed by atoms with Gasteiger partial charge in [-0.3, -0.25) is 4.99 Å². The highest BCUT2D eigenvalue weighted by Gasteiger charge is 2.58. The Hall–Kier alpha value is -2.29. The molecule has 1 aliphatic rings. The van der Waals surface area contributed by atoms with Gasteiger partial charge in [0.05, 0.1) is 17.8 Å². The van der Waals surface area contributed by atoms with Gasteiger partial charge in [0.15, 0.2) is 0 Å². The second-order valence-corrected chi connectivity index (χ2v) is 8.42. The van der Waals surface area contributed by atoms with E-state index in [0.717, 1.165) is 0 Å². The van der Waals surface area contributed by atoms with Crippen molar-refractivity contribution in [3.8, 4) is 0 Å². The van der Waals surface area contributed by atoms with Crippen molar-refractivity contribution < 1.29 is 18.0 Å². The van der Waals surface area contributed by atoms with Crippen molar-refractivity contribution in [2.45, 2.75) is 24.9 Å². The summed E-state index contributed by atoms with van der Waals surface area (Å²) in [6.45, 7) is 1.72. The largest absolute Gasteiger partial charge is 0.400 e. The van der Waals surface area contributed by atoms with Gasteiger partial charge in [0.25, 0.3) is 0 Å². The molecule has 0 aliphatic carbocycles. The molecule has 0 fully saturated rings. The number of hydrogen-bond donors (Lipinski definition) is 2. The number of nitrogens with one attached hydrogen (secondary N) is 2. The number of aliphatic imine (C=N–C) groups is 1. The van der Waals surface area contributed by atoms with Crippen LogP contribution in [-0.2, 0) is 5.41 Å². The predicted molar refractivity (Wildman–Crippen MR) is 121 cm³/mol. The SMILES string of the molecule is CCNC(=O)NN=Cc1ccc(C2=NCC(c3cc(Cl)cc(Cl)c3)(C(F)(F)F)C2)cc1Cl. The van der Waals surface area contributed by atoms with Crippen LogP contribution in [0.4, 0.5) is 18.0 Å². The monoisotopic (exact) mass is 504 g/mol. The van der Waals surface area contributed by atoms with Gasteiger partial charge in [-0.2, -0.15) is 18.3 Å². The van der Waals surface area contributed by atoms with Crippen LogP contribution >= 0.6 is 34.8 Å².